The first-order valence-corrected chi connectivity index (χ1v) is 6.50. The number of hydrogen-bond donors (Lipinski definition) is 2. The van der Waals surface area contributed by atoms with Gasteiger partial charge in [-0.25, -0.2) is 15.8 Å². The van der Waals surface area contributed by atoms with Crippen molar-refractivity contribution in [1.29, 1.82) is 0 Å². The number of nitrogens with zero attached hydrogens (tertiary/aromatic N) is 2. The van der Waals surface area contributed by atoms with Crippen molar-refractivity contribution in [1.82, 2.24) is 9.97 Å². The molecule has 0 saturated heterocycles. The first-order chi connectivity index (χ1) is 8.20. The Kier molecular flexibility index (Phi) is 3.94. The Morgan fingerprint density at radius 3 is 2.59 bits per heavy atom. The van der Waals surface area contributed by atoms with Crippen molar-refractivity contribution >= 4 is 5.82 Å². The van der Waals surface area contributed by atoms with Gasteiger partial charge in [-0.2, -0.15) is 0 Å². The van der Waals surface area contributed by atoms with Gasteiger partial charge in [-0.1, -0.05) is 13.8 Å². The van der Waals surface area contributed by atoms with Gasteiger partial charge >= 0.3 is 0 Å². The zero-order valence-electron chi connectivity index (χ0n) is 10.7. The minimum atomic E-state index is 0.512. The molecule has 17 heavy (non-hydrogen) atoms. The van der Waals surface area contributed by atoms with Gasteiger partial charge in [-0.05, 0) is 37.5 Å². The van der Waals surface area contributed by atoms with E-state index in [0.717, 1.165) is 17.7 Å². The Hall–Kier alpha value is -1.16. The fourth-order valence-electron chi connectivity index (χ4n) is 2.69. The lowest BCUT2D eigenvalue weighted by atomic mass is 9.77. The van der Waals surface area contributed by atoms with E-state index in [4.69, 9.17) is 5.84 Å². The fourth-order valence-corrected chi connectivity index (χ4v) is 2.69. The van der Waals surface area contributed by atoms with Gasteiger partial charge < -0.3 is 5.43 Å². The number of aromatic nitrogens is 2. The van der Waals surface area contributed by atoms with Crippen molar-refractivity contribution in [3.05, 3.63) is 18.1 Å². The highest BCUT2D eigenvalue weighted by Gasteiger charge is 2.25. The lowest BCUT2D eigenvalue weighted by Crippen LogP contribution is -2.19. The predicted molar refractivity (Wildman–Crippen MR) is 69.4 cm³/mol. The van der Waals surface area contributed by atoms with Gasteiger partial charge in [0.2, 0.25) is 0 Å². The summed E-state index contributed by atoms with van der Waals surface area (Å²) in [5.74, 6) is 9.22. The number of nitrogens with one attached hydrogen (secondary N) is 1. The summed E-state index contributed by atoms with van der Waals surface area (Å²) >= 11 is 0. The van der Waals surface area contributed by atoms with E-state index < -0.39 is 0 Å². The summed E-state index contributed by atoms with van der Waals surface area (Å²) in [5.41, 5.74) is 2.58. The molecule has 1 fully saturated rings. The quantitative estimate of drug-likeness (QED) is 0.623. The summed E-state index contributed by atoms with van der Waals surface area (Å²) in [7, 11) is 0. The Morgan fingerprint density at radius 2 is 2.00 bits per heavy atom. The van der Waals surface area contributed by atoms with Crippen LogP contribution in [0.15, 0.2) is 12.3 Å². The molecule has 1 aromatic heterocycles. The van der Waals surface area contributed by atoms with Gasteiger partial charge in [0.15, 0.2) is 0 Å². The highest BCUT2D eigenvalue weighted by Crippen LogP contribution is 2.37. The van der Waals surface area contributed by atoms with Crippen molar-refractivity contribution < 1.29 is 0 Å². The van der Waals surface area contributed by atoms with Crippen LogP contribution in [-0.2, 0) is 0 Å². The average molecular weight is 234 g/mol. The van der Waals surface area contributed by atoms with E-state index >= 15 is 0 Å². The van der Waals surface area contributed by atoms with Gasteiger partial charge in [-0.3, -0.25) is 0 Å². The number of nitrogens with two attached hydrogens (primary N) is 1. The average Bonchev–Trinajstić information content (AvgIpc) is 2.39. The summed E-state index contributed by atoms with van der Waals surface area (Å²) in [6.45, 7) is 4.64. The smallest absolute Gasteiger partial charge is 0.143 e. The molecule has 0 amide bonds. The number of rotatable bonds is 3. The van der Waals surface area contributed by atoms with Crippen LogP contribution in [0.3, 0.4) is 0 Å². The van der Waals surface area contributed by atoms with E-state index in [1.807, 2.05) is 0 Å². The monoisotopic (exact) mass is 234 g/mol. The van der Waals surface area contributed by atoms with Crippen LogP contribution in [0.4, 0.5) is 5.82 Å². The van der Waals surface area contributed by atoms with Crippen LogP contribution in [-0.4, -0.2) is 9.97 Å². The van der Waals surface area contributed by atoms with E-state index in [2.05, 4.69) is 29.2 Å². The molecule has 1 aliphatic rings. The van der Waals surface area contributed by atoms with Gasteiger partial charge in [0, 0.05) is 18.2 Å². The van der Waals surface area contributed by atoms with Crippen molar-refractivity contribution in [3.63, 3.8) is 0 Å². The lowest BCUT2D eigenvalue weighted by molar-refractivity contribution is 0.255. The third-order valence-corrected chi connectivity index (χ3v) is 3.90. The summed E-state index contributed by atoms with van der Waals surface area (Å²) in [6, 6.07) is 1.79. The lowest BCUT2D eigenvalue weighted by Gasteiger charge is -2.30. The minimum Gasteiger partial charge on any atom is -0.308 e. The molecular formula is C13H22N4. The number of nitrogen functional groups attached to an aromatic ring is 1. The molecule has 4 nitrogen and oxygen atoms in total. The van der Waals surface area contributed by atoms with Gasteiger partial charge in [0.25, 0.3) is 0 Å². The molecular weight excluding hydrogens is 212 g/mol. The molecule has 0 unspecified atom stereocenters. The number of hydrogen-bond acceptors (Lipinski definition) is 4. The topological polar surface area (TPSA) is 63.8 Å². The van der Waals surface area contributed by atoms with E-state index in [-0.39, 0.29) is 0 Å². The first kappa shape index (κ1) is 12.3. The first-order valence-electron chi connectivity index (χ1n) is 6.50. The van der Waals surface area contributed by atoms with Gasteiger partial charge in [0.1, 0.15) is 11.6 Å². The second-order valence-electron chi connectivity index (χ2n) is 5.30. The van der Waals surface area contributed by atoms with Gasteiger partial charge in [-0.15, -0.1) is 0 Å². The van der Waals surface area contributed by atoms with Crippen molar-refractivity contribution in [2.45, 2.75) is 45.4 Å². The van der Waals surface area contributed by atoms with Gasteiger partial charge in [0.05, 0.1) is 0 Å². The molecule has 0 atom stereocenters. The molecule has 0 aliphatic heterocycles. The summed E-state index contributed by atoms with van der Waals surface area (Å²) in [5, 5.41) is 0. The Morgan fingerprint density at radius 1 is 1.29 bits per heavy atom. The molecule has 1 aliphatic carbocycles. The Bertz CT molecular complexity index is 356. The SMILES string of the molecule is CC(C)C1CCC(c2nccc(NN)n2)CC1. The highest BCUT2D eigenvalue weighted by atomic mass is 15.3. The van der Waals surface area contributed by atoms with Crippen LogP contribution < -0.4 is 11.3 Å². The molecule has 0 spiro atoms. The fraction of sp³-hybridized carbons (Fsp3) is 0.692. The summed E-state index contributed by atoms with van der Waals surface area (Å²) < 4.78 is 0. The molecule has 2 rings (SSSR count). The van der Waals surface area contributed by atoms with E-state index in [9.17, 15) is 0 Å². The van der Waals surface area contributed by atoms with Crippen molar-refractivity contribution in [2.75, 3.05) is 5.43 Å². The maximum Gasteiger partial charge on any atom is 0.143 e. The van der Waals surface area contributed by atoms with E-state index in [1.165, 1.54) is 25.7 Å². The normalized spacial score (nSPS) is 24.9. The largest absolute Gasteiger partial charge is 0.308 e. The number of anilines is 1. The molecule has 0 aromatic carbocycles. The molecule has 1 aromatic rings. The third kappa shape index (κ3) is 2.94. The minimum absolute atomic E-state index is 0.512. The summed E-state index contributed by atoms with van der Waals surface area (Å²) in [4.78, 5) is 8.81. The second kappa shape index (κ2) is 5.45. The van der Waals surface area contributed by atoms with Crippen molar-refractivity contribution in [2.24, 2.45) is 17.7 Å². The summed E-state index contributed by atoms with van der Waals surface area (Å²) in [6.07, 6.45) is 6.79. The number of hydrazine groups is 1. The zero-order chi connectivity index (χ0) is 12.3. The third-order valence-electron chi connectivity index (χ3n) is 3.90. The van der Waals surface area contributed by atoms with Crippen LogP contribution >= 0.6 is 0 Å². The second-order valence-corrected chi connectivity index (χ2v) is 5.30. The van der Waals surface area contributed by atoms with Crippen LogP contribution in [0.1, 0.15) is 51.3 Å². The Labute approximate surface area is 103 Å². The zero-order valence-corrected chi connectivity index (χ0v) is 10.7. The van der Waals surface area contributed by atoms with Crippen LogP contribution in [0.25, 0.3) is 0 Å². The van der Waals surface area contributed by atoms with E-state index in [0.29, 0.717) is 11.7 Å². The molecule has 4 heteroatoms. The Balaban J connectivity index is 2.00. The highest BCUT2D eigenvalue weighted by molar-refractivity contribution is 5.31. The molecule has 0 bridgehead atoms. The standard InChI is InChI=1S/C13H22N4/c1-9(2)10-3-5-11(6-4-10)13-15-8-7-12(16-13)17-14/h7-11H,3-6,14H2,1-2H3,(H,15,16,17). The van der Waals surface area contributed by atoms with E-state index in [1.54, 1.807) is 12.3 Å². The molecule has 1 heterocycles. The molecule has 94 valence electrons. The van der Waals surface area contributed by atoms with Crippen LogP contribution in [0.5, 0.6) is 0 Å². The maximum absolute atomic E-state index is 5.37. The molecule has 3 N–H and O–H groups in total. The molecule has 0 radical (unpaired) electrons. The van der Waals surface area contributed by atoms with Crippen LogP contribution in [0, 0.1) is 11.8 Å². The van der Waals surface area contributed by atoms with Crippen molar-refractivity contribution in [3.8, 4) is 0 Å². The predicted octanol–water partition coefficient (Wildman–Crippen LogP) is 2.69. The molecule has 1 saturated carbocycles. The maximum atomic E-state index is 5.37. The van der Waals surface area contributed by atoms with Crippen LogP contribution in [0.2, 0.25) is 0 Å².